The van der Waals surface area contributed by atoms with E-state index >= 15 is 0 Å². The maximum Gasteiger partial charge on any atom is 0.293 e. The maximum absolute atomic E-state index is 9.22. The molecule has 13 nitrogen and oxygen atoms in total. The topological polar surface area (TPSA) is 230 Å². The number of rotatable bonds is 2. The van der Waals surface area contributed by atoms with E-state index < -0.39 is 0 Å². The third kappa shape index (κ3) is 1630. The summed E-state index contributed by atoms with van der Waals surface area (Å²) in [5, 5.41) is 29.2. The van der Waals surface area contributed by atoms with Crippen molar-refractivity contribution in [2.24, 2.45) is 16.4 Å². The van der Waals surface area contributed by atoms with Crippen LogP contribution in [0.1, 0.15) is 13.8 Å². The third-order valence-corrected chi connectivity index (χ3v) is 0.235. The average molecular weight is 300 g/mol. The predicted molar refractivity (Wildman–Crippen MR) is 63.1 cm³/mol. The molecule has 0 unspecified atom stereocenters. The van der Waals surface area contributed by atoms with Crippen LogP contribution in [-0.2, 0) is 19.1 Å². The molecular formula is C7H16N4O9. The third-order valence-electron chi connectivity index (χ3n) is 0.235. The maximum atomic E-state index is 9.22. The van der Waals surface area contributed by atoms with Crippen molar-refractivity contribution < 1.29 is 34.6 Å². The highest BCUT2D eigenvalue weighted by atomic mass is 16.6. The van der Waals surface area contributed by atoms with Crippen LogP contribution in [0.25, 0.3) is 0 Å². The Bertz CT molecular complexity index is 203. The second-order valence-corrected chi connectivity index (χ2v) is 1.43. The Kier molecular flexibility index (Phi) is 188. The van der Waals surface area contributed by atoms with Gasteiger partial charge in [-0.25, -0.2) is 5.26 Å². The molecule has 0 aliphatic carbocycles. The monoisotopic (exact) mass is 300 g/mol. The first-order chi connectivity index (χ1) is 9.39. The SMILES string of the molecule is C#N.CC(N)=O.CCOC=O.O=CO.O=NO.O=NO. The van der Waals surface area contributed by atoms with Gasteiger partial charge in [-0.2, -0.15) is 0 Å². The minimum absolute atomic E-state index is 0.250. The Morgan fingerprint density at radius 3 is 1.45 bits per heavy atom. The molecule has 1 amide bonds. The number of ether oxygens (including phenoxy) is 1. The van der Waals surface area contributed by atoms with Crippen molar-refractivity contribution in [1.29, 1.82) is 5.26 Å². The first-order valence-corrected chi connectivity index (χ1v) is 3.98. The Morgan fingerprint density at radius 1 is 1.30 bits per heavy atom. The lowest BCUT2D eigenvalue weighted by molar-refractivity contribution is -0.128. The number of hydrogen-bond donors (Lipinski definition) is 4. The minimum atomic E-state index is -0.333. The Labute approximate surface area is 113 Å². The van der Waals surface area contributed by atoms with Crippen molar-refractivity contribution in [3.05, 3.63) is 9.81 Å². The molecule has 0 spiro atoms. The molecular weight excluding hydrogens is 284 g/mol. The molecule has 0 aromatic heterocycles. The molecule has 0 bridgehead atoms. The summed E-state index contributed by atoms with van der Waals surface area (Å²) in [7, 11) is 0. The van der Waals surface area contributed by atoms with Crippen LogP contribution < -0.4 is 5.73 Å². The number of amides is 1. The number of hydrogen-bond acceptors (Lipinski definition) is 9. The number of carbonyl (C=O) groups excluding carboxylic acids is 2. The summed E-state index contributed by atoms with van der Waals surface area (Å²) < 4.78 is 4.15. The zero-order chi connectivity index (χ0) is 17.8. The second kappa shape index (κ2) is 104. The highest BCUT2D eigenvalue weighted by molar-refractivity contribution is 5.70. The van der Waals surface area contributed by atoms with Gasteiger partial charge in [0, 0.05) is 13.5 Å². The van der Waals surface area contributed by atoms with Crippen molar-refractivity contribution in [1.82, 2.24) is 0 Å². The van der Waals surface area contributed by atoms with Gasteiger partial charge < -0.3 is 26.0 Å². The van der Waals surface area contributed by atoms with Crippen molar-refractivity contribution in [3.8, 4) is 6.57 Å². The van der Waals surface area contributed by atoms with E-state index in [1.54, 1.807) is 6.92 Å². The molecule has 0 aliphatic rings. The predicted octanol–water partition coefficient (Wildman–Crippen LogP) is -0.205. The zero-order valence-electron chi connectivity index (χ0n) is 10.6. The van der Waals surface area contributed by atoms with E-state index in [1.165, 1.54) is 17.6 Å². The van der Waals surface area contributed by atoms with Crippen LogP contribution in [0.3, 0.4) is 0 Å². The van der Waals surface area contributed by atoms with Crippen LogP contribution in [0.5, 0.6) is 0 Å². The smallest absolute Gasteiger partial charge is 0.293 e. The van der Waals surface area contributed by atoms with Gasteiger partial charge in [0.25, 0.3) is 12.9 Å². The van der Waals surface area contributed by atoms with Crippen molar-refractivity contribution in [3.63, 3.8) is 0 Å². The first kappa shape index (κ1) is 36.0. The molecule has 0 aromatic carbocycles. The van der Waals surface area contributed by atoms with E-state index in [9.17, 15) is 9.59 Å². The number of carboxylic acid groups (broad SMARTS) is 1. The van der Waals surface area contributed by atoms with Crippen LogP contribution in [0.4, 0.5) is 0 Å². The molecule has 0 saturated heterocycles. The van der Waals surface area contributed by atoms with Crippen LogP contribution in [0, 0.1) is 21.6 Å². The van der Waals surface area contributed by atoms with E-state index in [-0.39, 0.29) is 12.4 Å². The van der Waals surface area contributed by atoms with Crippen molar-refractivity contribution in [2.45, 2.75) is 13.8 Å². The van der Waals surface area contributed by atoms with E-state index in [2.05, 4.69) is 17.0 Å². The molecule has 0 saturated carbocycles. The van der Waals surface area contributed by atoms with Crippen LogP contribution >= 0.6 is 0 Å². The average Bonchev–Trinajstić information content (AvgIpc) is 2.35. The molecule has 20 heavy (non-hydrogen) atoms. The molecule has 5 N–H and O–H groups in total. The largest absolute Gasteiger partial charge is 0.483 e. The number of nitriles is 1. The van der Waals surface area contributed by atoms with Gasteiger partial charge in [-0.15, -0.1) is 9.81 Å². The van der Waals surface area contributed by atoms with Crippen LogP contribution in [0.15, 0.2) is 10.7 Å². The molecule has 0 atom stereocenters. The highest BCUT2D eigenvalue weighted by Crippen LogP contribution is 1.55. The summed E-state index contributed by atoms with van der Waals surface area (Å²) in [6.45, 7) is 7.22. The van der Waals surface area contributed by atoms with Gasteiger partial charge in [0.2, 0.25) is 5.91 Å². The minimum Gasteiger partial charge on any atom is -0.483 e. The fourth-order valence-electron chi connectivity index (χ4n) is 0.0680. The summed E-state index contributed by atoms with van der Waals surface area (Å²) >= 11 is 0. The second-order valence-electron chi connectivity index (χ2n) is 1.43. The van der Waals surface area contributed by atoms with Gasteiger partial charge in [-0.3, -0.25) is 14.4 Å². The fourth-order valence-corrected chi connectivity index (χ4v) is 0.0680. The summed E-state index contributed by atoms with van der Waals surface area (Å²) in [5.74, 6) is -0.333. The van der Waals surface area contributed by atoms with Gasteiger partial charge in [0.05, 0.1) is 6.61 Å². The van der Waals surface area contributed by atoms with Gasteiger partial charge in [0.15, 0.2) is 10.7 Å². The molecule has 0 heterocycles. The van der Waals surface area contributed by atoms with Gasteiger partial charge in [-0.1, -0.05) is 0 Å². The lowest BCUT2D eigenvalue weighted by Crippen LogP contribution is -2.01. The van der Waals surface area contributed by atoms with E-state index in [1.807, 2.05) is 0 Å². The molecule has 0 rings (SSSR count). The molecule has 0 fully saturated rings. The molecule has 13 heteroatoms. The summed E-state index contributed by atoms with van der Waals surface area (Å²) in [5.41, 5.74) is 4.47. The Hall–Kier alpha value is -3.30. The Morgan fingerprint density at radius 2 is 1.45 bits per heavy atom. The van der Waals surface area contributed by atoms with E-state index in [0.29, 0.717) is 13.1 Å². The van der Waals surface area contributed by atoms with Gasteiger partial charge >= 0.3 is 0 Å². The number of carbonyl (C=O) groups is 3. The van der Waals surface area contributed by atoms with Gasteiger partial charge in [-0.05, 0) is 6.92 Å². The fraction of sp³-hybridized carbons (Fsp3) is 0.429. The number of nitrogens with zero attached hydrogens (tertiary/aromatic N) is 3. The molecule has 0 radical (unpaired) electrons. The summed E-state index contributed by atoms with van der Waals surface area (Å²) in [6, 6.07) is 0. The summed E-state index contributed by atoms with van der Waals surface area (Å²) in [6.07, 6.45) is 0. The number of primary amides is 1. The van der Waals surface area contributed by atoms with E-state index in [4.69, 9.17) is 35.4 Å². The molecule has 0 aliphatic heterocycles. The number of nitrogens with two attached hydrogens (primary N) is 1. The van der Waals surface area contributed by atoms with E-state index in [0.717, 1.165) is 0 Å². The first-order valence-electron chi connectivity index (χ1n) is 3.98. The lowest BCUT2D eigenvalue weighted by atomic mass is 10.8. The standard InChI is InChI=1S/C3H6O2.C2H5NO.CHN.CH2O2.2HNO2/c1-2-5-3-4;1-2(3)4;1-2;3*2-1-3/h3H,2H2,1H3;1H3,(H2,3,4);1H;1H,(H,2,3);2*(H,2,3). The summed E-state index contributed by atoms with van der Waals surface area (Å²) in [4.78, 5) is 43.0. The van der Waals surface area contributed by atoms with Gasteiger partial charge in [0.1, 0.15) is 0 Å². The van der Waals surface area contributed by atoms with Crippen LogP contribution in [-0.4, -0.2) is 41.0 Å². The van der Waals surface area contributed by atoms with Crippen LogP contribution in [0.2, 0.25) is 0 Å². The Balaban J connectivity index is -0.0000000302. The molecule has 118 valence electrons. The lowest BCUT2D eigenvalue weighted by Gasteiger charge is -1.79. The normalized spacial score (nSPS) is 4.80. The highest BCUT2D eigenvalue weighted by Gasteiger charge is 1.61. The quantitative estimate of drug-likeness (QED) is 0.297. The van der Waals surface area contributed by atoms with Crippen molar-refractivity contribution in [2.75, 3.05) is 6.61 Å². The zero-order valence-corrected chi connectivity index (χ0v) is 10.6. The molecule has 0 aromatic rings. The van der Waals surface area contributed by atoms with Crippen molar-refractivity contribution >= 4 is 18.9 Å².